The molecule has 0 aliphatic heterocycles. The average molecular weight is 553 g/mol. The fourth-order valence-electron chi connectivity index (χ4n) is 3.32. The van der Waals surface area contributed by atoms with Crippen molar-refractivity contribution in [2.24, 2.45) is 0 Å². The molecule has 2 aromatic rings. The second kappa shape index (κ2) is 12.1. The van der Waals surface area contributed by atoms with Crippen molar-refractivity contribution in [1.29, 1.82) is 0 Å². The van der Waals surface area contributed by atoms with Crippen molar-refractivity contribution in [3.63, 3.8) is 0 Å². The van der Waals surface area contributed by atoms with Gasteiger partial charge in [0.15, 0.2) is 0 Å². The molecule has 0 unspecified atom stereocenters. The standard InChI is InChI=1S/C22H25Cl3FN3O4S/c1-4-20(22(31)27-5-2)28(12-15-16(23)7-6-8-17(15)24)21(30)13-29(34(3,32)33)14-9-10-19(26)18(25)11-14/h6-11,20H,4-5,12-13H2,1-3H3,(H,27,31)/t20-/m0/s1. The van der Waals surface area contributed by atoms with Crippen LogP contribution in [0.15, 0.2) is 36.4 Å². The minimum absolute atomic E-state index is 0.00374. The number of nitrogens with zero attached hydrogens (tertiary/aromatic N) is 2. The van der Waals surface area contributed by atoms with Crippen molar-refractivity contribution in [2.75, 3.05) is 23.7 Å². The van der Waals surface area contributed by atoms with E-state index in [0.29, 0.717) is 22.2 Å². The molecule has 1 atom stereocenters. The number of hydrogen-bond acceptors (Lipinski definition) is 4. The van der Waals surface area contributed by atoms with Crippen molar-refractivity contribution in [3.8, 4) is 0 Å². The fraction of sp³-hybridized carbons (Fsp3) is 0.364. The van der Waals surface area contributed by atoms with Gasteiger partial charge in [-0.1, -0.05) is 47.8 Å². The molecule has 0 saturated heterocycles. The molecular formula is C22H25Cl3FN3O4S. The van der Waals surface area contributed by atoms with Gasteiger partial charge in [-0.3, -0.25) is 13.9 Å². The second-order valence-corrected chi connectivity index (χ2v) is 10.5. The van der Waals surface area contributed by atoms with Gasteiger partial charge < -0.3 is 10.2 Å². The van der Waals surface area contributed by atoms with Crippen LogP contribution < -0.4 is 9.62 Å². The third-order valence-corrected chi connectivity index (χ3v) is 7.14. The van der Waals surface area contributed by atoms with Crippen LogP contribution in [-0.4, -0.2) is 50.5 Å². The van der Waals surface area contributed by atoms with E-state index in [4.69, 9.17) is 34.8 Å². The van der Waals surface area contributed by atoms with Crippen LogP contribution in [0.2, 0.25) is 15.1 Å². The van der Waals surface area contributed by atoms with Gasteiger partial charge >= 0.3 is 0 Å². The third kappa shape index (κ3) is 6.97. The Labute approximate surface area is 213 Å². The molecule has 1 N–H and O–H groups in total. The molecule has 2 amide bonds. The lowest BCUT2D eigenvalue weighted by atomic mass is 10.1. The Hall–Kier alpha value is -2.07. The highest BCUT2D eigenvalue weighted by molar-refractivity contribution is 7.92. The minimum Gasteiger partial charge on any atom is -0.355 e. The smallest absolute Gasteiger partial charge is 0.244 e. The van der Waals surface area contributed by atoms with E-state index in [1.165, 1.54) is 11.0 Å². The molecular weight excluding hydrogens is 528 g/mol. The van der Waals surface area contributed by atoms with Crippen LogP contribution in [0.4, 0.5) is 10.1 Å². The Bertz CT molecular complexity index is 1140. The van der Waals surface area contributed by atoms with Crippen molar-refractivity contribution in [3.05, 3.63) is 62.8 Å². The summed E-state index contributed by atoms with van der Waals surface area (Å²) in [6.07, 6.45) is 1.16. The van der Waals surface area contributed by atoms with E-state index in [1.807, 2.05) is 0 Å². The number of hydrogen-bond donors (Lipinski definition) is 1. The van der Waals surface area contributed by atoms with Crippen LogP contribution in [0.25, 0.3) is 0 Å². The molecule has 12 heteroatoms. The molecule has 0 saturated carbocycles. The van der Waals surface area contributed by atoms with Gasteiger partial charge in [0.1, 0.15) is 18.4 Å². The van der Waals surface area contributed by atoms with Gasteiger partial charge in [-0.2, -0.15) is 0 Å². The van der Waals surface area contributed by atoms with E-state index in [0.717, 1.165) is 22.7 Å². The van der Waals surface area contributed by atoms with E-state index < -0.39 is 40.2 Å². The third-order valence-electron chi connectivity index (χ3n) is 5.00. The number of nitrogens with one attached hydrogen (secondary N) is 1. The Morgan fingerprint density at radius 1 is 1.06 bits per heavy atom. The number of carbonyl (C=O) groups excluding carboxylic acids is 2. The van der Waals surface area contributed by atoms with Crippen LogP contribution >= 0.6 is 34.8 Å². The Morgan fingerprint density at radius 3 is 2.18 bits per heavy atom. The van der Waals surface area contributed by atoms with Crippen LogP contribution in [0.1, 0.15) is 25.8 Å². The van der Waals surface area contributed by atoms with Gasteiger partial charge in [-0.25, -0.2) is 12.8 Å². The van der Waals surface area contributed by atoms with E-state index in [2.05, 4.69) is 5.32 Å². The molecule has 0 spiro atoms. The maximum Gasteiger partial charge on any atom is 0.244 e. The lowest BCUT2D eigenvalue weighted by Crippen LogP contribution is -2.52. The molecule has 186 valence electrons. The number of carbonyl (C=O) groups is 2. The van der Waals surface area contributed by atoms with Crippen molar-refractivity contribution in [2.45, 2.75) is 32.9 Å². The van der Waals surface area contributed by atoms with Gasteiger partial charge in [0.25, 0.3) is 0 Å². The number of benzene rings is 2. The first-order valence-corrected chi connectivity index (χ1v) is 13.3. The largest absolute Gasteiger partial charge is 0.355 e. The summed E-state index contributed by atoms with van der Waals surface area (Å²) in [6, 6.07) is 7.24. The van der Waals surface area contributed by atoms with Gasteiger partial charge in [0, 0.05) is 28.7 Å². The molecule has 0 bridgehead atoms. The highest BCUT2D eigenvalue weighted by Crippen LogP contribution is 2.28. The number of sulfonamides is 1. The monoisotopic (exact) mass is 551 g/mol. The predicted octanol–water partition coefficient (Wildman–Crippen LogP) is 4.50. The van der Waals surface area contributed by atoms with Crippen molar-refractivity contribution >= 4 is 62.3 Å². The molecule has 0 fully saturated rings. The Morgan fingerprint density at radius 2 is 1.68 bits per heavy atom. The molecule has 0 radical (unpaired) electrons. The van der Waals surface area contributed by atoms with Crippen LogP contribution in [0, 0.1) is 5.82 Å². The zero-order chi connectivity index (χ0) is 25.6. The number of amides is 2. The molecule has 34 heavy (non-hydrogen) atoms. The zero-order valence-electron chi connectivity index (χ0n) is 18.8. The molecule has 0 heterocycles. The number of halogens is 4. The van der Waals surface area contributed by atoms with Gasteiger partial charge in [-0.15, -0.1) is 0 Å². The predicted molar refractivity (Wildman–Crippen MR) is 133 cm³/mol. The van der Waals surface area contributed by atoms with Crippen molar-refractivity contribution < 1.29 is 22.4 Å². The first-order valence-electron chi connectivity index (χ1n) is 10.3. The van der Waals surface area contributed by atoms with Gasteiger partial charge in [-0.05, 0) is 43.7 Å². The second-order valence-electron chi connectivity index (χ2n) is 7.41. The summed E-state index contributed by atoms with van der Waals surface area (Å²) in [4.78, 5) is 27.5. The molecule has 0 aliphatic carbocycles. The van der Waals surface area contributed by atoms with Crippen LogP contribution in [0.3, 0.4) is 0 Å². The lowest BCUT2D eigenvalue weighted by molar-refractivity contribution is -0.140. The summed E-state index contributed by atoms with van der Waals surface area (Å²) in [6.45, 7) is 3.02. The first kappa shape index (κ1) is 28.2. The van der Waals surface area contributed by atoms with E-state index >= 15 is 0 Å². The highest BCUT2D eigenvalue weighted by Gasteiger charge is 2.32. The summed E-state index contributed by atoms with van der Waals surface area (Å²) in [5, 5.41) is 2.97. The first-order chi connectivity index (χ1) is 15.9. The Balaban J connectivity index is 2.51. The van der Waals surface area contributed by atoms with Gasteiger partial charge in [0.05, 0.1) is 17.0 Å². The summed E-state index contributed by atoms with van der Waals surface area (Å²) >= 11 is 18.4. The van der Waals surface area contributed by atoms with E-state index in [9.17, 15) is 22.4 Å². The lowest BCUT2D eigenvalue weighted by Gasteiger charge is -2.33. The van der Waals surface area contributed by atoms with E-state index in [1.54, 1.807) is 32.0 Å². The maximum absolute atomic E-state index is 13.6. The van der Waals surface area contributed by atoms with Gasteiger partial charge in [0.2, 0.25) is 21.8 Å². The van der Waals surface area contributed by atoms with Crippen molar-refractivity contribution in [1.82, 2.24) is 10.2 Å². The topological polar surface area (TPSA) is 86.8 Å². The summed E-state index contributed by atoms with van der Waals surface area (Å²) < 4.78 is 39.5. The maximum atomic E-state index is 13.6. The summed E-state index contributed by atoms with van der Waals surface area (Å²) in [5.41, 5.74) is 0.418. The van der Waals surface area contributed by atoms with Crippen LogP contribution in [-0.2, 0) is 26.2 Å². The number of rotatable bonds is 10. The molecule has 0 aromatic heterocycles. The Kier molecular flexibility index (Phi) is 9.99. The highest BCUT2D eigenvalue weighted by atomic mass is 35.5. The summed E-state index contributed by atoms with van der Waals surface area (Å²) in [7, 11) is -3.98. The van der Waals surface area contributed by atoms with E-state index in [-0.39, 0.29) is 23.7 Å². The zero-order valence-corrected chi connectivity index (χ0v) is 21.9. The average Bonchev–Trinajstić information content (AvgIpc) is 2.75. The molecule has 2 aromatic carbocycles. The molecule has 2 rings (SSSR count). The molecule has 7 nitrogen and oxygen atoms in total. The molecule has 0 aliphatic rings. The quantitative estimate of drug-likeness (QED) is 0.470. The van der Waals surface area contributed by atoms with Crippen LogP contribution in [0.5, 0.6) is 0 Å². The summed E-state index contributed by atoms with van der Waals surface area (Å²) in [5.74, 6) is -1.82. The fourth-order valence-corrected chi connectivity index (χ4v) is 4.85. The minimum atomic E-state index is -3.98. The SMILES string of the molecule is CCNC(=O)[C@H](CC)N(Cc1c(Cl)cccc1Cl)C(=O)CN(c1ccc(F)c(Cl)c1)S(C)(=O)=O. The normalized spacial score (nSPS) is 12.2. The number of likely N-dealkylation sites (N-methyl/N-ethyl adjacent to an activating group) is 1. The number of anilines is 1.